The summed E-state index contributed by atoms with van der Waals surface area (Å²) >= 11 is 6.49. The molecule has 0 spiro atoms. The van der Waals surface area contributed by atoms with Gasteiger partial charge in [-0.05, 0) is 87.2 Å². The van der Waals surface area contributed by atoms with Crippen molar-refractivity contribution in [3.63, 3.8) is 0 Å². The molecule has 1 fully saturated rings. The van der Waals surface area contributed by atoms with Crippen LogP contribution in [0.2, 0.25) is 5.02 Å². The molecule has 0 radical (unpaired) electrons. The molecular weight excluding hydrogens is 444 g/mol. The normalized spacial score (nSPS) is 16.5. The van der Waals surface area contributed by atoms with Crippen LogP contribution in [-0.2, 0) is 7.05 Å². The SMILES string of the molecule is CC(c1c(Cl)c(=O)n(-c2ccc(F)cc2)n1C)N1CCC(C/C=C\c2ccc(F)cc2)CC1. The van der Waals surface area contributed by atoms with E-state index in [-0.39, 0.29) is 28.3 Å². The number of halogens is 3. The lowest BCUT2D eigenvalue weighted by Crippen LogP contribution is -2.36. The fraction of sp³-hybridized carbons (Fsp3) is 0.346. The molecule has 1 atom stereocenters. The van der Waals surface area contributed by atoms with Crippen LogP contribution in [0, 0.1) is 17.6 Å². The monoisotopic (exact) mass is 471 g/mol. The summed E-state index contributed by atoms with van der Waals surface area (Å²) in [6, 6.07) is 12.3. The van der Waals surface area contributed by atoms with E-state index in [1.165, 1.54) is 28.9 Å². The third-order valence-corrected chi connectivity index (χ3v) is 6.92. The van der Waals surface area contributed by atoms with Crippen LogP contribution in [0.25, 0.3) is 11.8 Å². The molecule has 0 aliphatic carbocycles. The number of rotatable bonds is 6. The summed E-state index contributed by atoms with van der Waals surface area (Å²) in [6.07, 6.45) is 7.31. The molecule has 2 heterocycles. The smallest absolute Gasteiger partial charge is 0.290 e. The minimum Gasteiger partial charge on any atom is -0.295 e. The van der Waals surface area contributed by atoms with Crippen LogP contribution in [0.15, 0.2) is 59.4 Å². The van der Waals surface area contributed by atoms with Crippen molar-refractivity contribution in [3.05, 3.63) is 92.9 Å². The third-order valence-electron chi connectivity index (χ3n) is 6.57. The van der Waals surface area contributed by atoms with Crippen LogP contribution in [-0.4, -0.2) is 27.4 Å². The van der Waals surface area contributed by atoms with Crippen molar-refractivity contribution in [2.24, 2.45) is 13.0 Å². The number of aromatic nitrogens is 2. The first kappa shape index (κ1) is 23.5. The van der Waals surface area contributed by atoms with Crippen LogP contribution in [0.4, 0.5) is 8.78 Å². The molecule has 1 aliphatic rings. The molecule has 1 aliphatic heterocycles. The molecule has 0 amide bonds. The lowest BCUT2D eigenvalue weighted by molar-refractivity contribution is 0.137. The van der Waals surface area contributed by atoms with Gasteiger partial charge in [0.25, 0.3) is 5.56 Å². The zero-order chi connectivity index (χ0) is 23.5. The van der Waals surface area contributed by atoms with Gasteiger partial charge in [0, 0.05) is 7.05 Å². The van der Waals surface area contributed by atoms with E-state index in [1.54, 1.807) is 28.9 Å². The predicted octanol–water partition coefficient (Wildman–Crippen LogP) is 5.98. The van der Waals surface area contributed by atoms with Crippen molar-refractivity contribution in [2.75, 3.05) is 13.1 Å². The second kappa shape index (κ2) is 10.1. The molecule has 3 aromatic rings. The first-order valence-corrected chi connectivity index (χ1v) is 11.6. The van der Waals surface area contributed by atoms with Crippen molar-refractivity contribution in [2.45, 2.75) is 32.2 Å². The van der Waals surface area contributed by atoms with Gasteiger partial charge in [0.15, 0.2) is 0 Å². The van der Waals surface area contributed by atoms with Gasteiger partial charge in [-0.3, -0.25) is 14.4 Å². The molecule has 0 bridgehead atoms. The molecule has 1 aromatic heterocycles. The lowest BCUT2D eigenvalue weighted by Gasteiger charge is -2.36. The van der Waals surface area contributed by atoms with E-state index in [4.69, 9.17) is 11.6 Å². The van der Waals surface area contributed by atoms with Gasteiger partial charge in [0.2, 0.25) is 0 Å². The zero-order valence-corrected chi connectivity index (χ0v) is 19.6. The Morgan fingerprint density at radius 3 is 2.21 bits per heavy atom. The third kappa shape index (κ3) is 5.12. The van der Waals surface area contributed by atoms with Gasteiger partial charge in [0.05, 0.1) is 17.4 Å². The van der Waals surface area contributed by atoms with Gasteiger partial charge < -0.3 is 0 Å². The van der Waals surface area contributed by atoms with Gasteiger partial charge in [-0.25, -0.2) is 13.5 Å². The van der Waals surface area contributed by atoms with Crippen molar-refractivity contribution >= 4 is 17.7 Å². The molecule has 0 saturated carbocycles. The molecule has 2 aromatic carbocycles. The summed E-state index contributed by atoms with van der Waals surface area (Å²) in [6.45, 7) is 3.91. The highest BCUT2D eigenvalue weighted by Crippen LogP contribution is 2.31. The van der Waals surface area contributed by atoms with Gasteiger partial charge in [-0.15, -0.1) is 0 Å². The Bertz CT molecular complexity index is 1170. The molecule has 7 heteroatoms. The summed E-state index contributed by atoms with van der Waals surface area (Å²) in [4.78, 5) is 15.2. The first-order chi connectivity index (χ1) is 15.8. The highest BCUT2D eigenvalue weighted by molar-refractivity contribution is 6.31. The van der Waals surface area contributed by atoms with Crippen LogP contribution in [0.5, 0.6) is 0 Å². The molecule has 0 N–H and O–H groups in total. The largest absolute Gasteiger partial charge is 0.295 e. The maximum Gasteiger partial charge on any atom is 0.290 e. The van der Waals surface area contributed by atoms with Crippen LogP contribution < -0.4 is 5.56 Å². The van der Waals surface area contributed by atoms with E-state index in [0.29, 0.717) is 11.6 Å². The summed E-state index contributed by atoms with van der Waals surface area (Å²) < 4.78 is 29.6. The predicted molar refractivity (Wildman–Crippen MR) is 129 cm³/mol. The molecule has 4 nitrogen and oxygen atoms in total. The highest BCUT2D eigenvalue weighted by Gasteiger charge is 2.29. The number of hydrogen-bond acceptors (Lipinski definition) is 2. The van der Waals surface area contributed by atoms with Gasteiger partial charge in [-0.1, -0.05) is 35.9 Å². The molecule has 33 heavy (non-hydrogen) atoms. The van der Waals surface area contributed by atoms with Gasteiger partial charge >= 0.3 is 0 Å². The van der Waals surface area contributed by atoms with Crippen LogP contribution >= 0.6 is 11.6 Å². The number of benzene rings is 2. The lowest BCUT2D eigenvalue weighted by atomic mass is 9.92. The summed E-state index contributed by atoms with van der Waals surface area (Å²) in [7, 11) is 1.81. The van der Waals surface area contributed by atoms with E-state index in [9.17, 15) is 13.6 Å². The van der Waals surface area contributed by atoms with E-state index in [0.717, 1.165) is 43.6 Å². The Balaban J connectivity index is 1.41. The Morgan fingerprint density at radius 2 is 1.61 bits per heavy atom. The second-order valence-electron chi connectivity index (χ2n) is 8.66. The molecule has 4 rings (SSSR count). The molecule has 1 unspecified atom stereocenters. The number of hydrogen-bond donors (Lipinski definition) is 0. The quantitative estimate of drug-likeness (QED) is 0.442. The topological polar surface area (TPSA) is 30.2 Å². The van der Waals surface area contributed by atoms with Crippen molar-refractivity contribution in [3.8, 4) is 5.69 Å². The Kier molecular flexibility index (Phi) is 7.15. The average Bonchev–Trinajstić information content (AvgIpc) is 3.04. The van der Waals surface area contributed by atoms with Gasteiger partial charge in [-0.2, -0.15) is 0 Å². The van der Waals surface area contributed by atoms with Crippen LogP contribution in [0.3, 0.4) is 0 Å². The number of piperidine rings is 1. The maximum absolute atomic E-state index is 13.3. The minimum absolute atomic E-state index is 0.0207. The molecule has 174 valence electrons. The molecular formula is C26H28ClF2N3O. The van der Waals surface area contributed by atoms with E-state index >= 15 is 0 Å². The second-order valence-corrected chi connectivity index (χ2v) is 9.04. The number of likely N-dealkylation sites (tertiary alicyclic amines) is 1. The van der Waals surface area contributed by atoms with E-state index in [1.807, 2.05) is 13.1 Å². The standard InChI is InChI=1S/C26H28ClF2N3O/c1-18(25-24(27)26(33)32(30(25)2)23-12-10-22(29)11-13-23)31-16-14-20(15-17-31)5-3-4-19-6-8-21(28)9-7-19/h3-4,6-13,18,20H,5,14-17H2,1-2H3/b4-3-. The Morgan fingerprint density at radius 1 is 1.03 bits per heavy atom. The van der Waals surface area contributed by atoms with Crippen LogP contribution in [0.1, 0.15) is 43.5 Å². The fourth-order valence-electron chi connectivity index (χ4n) is 4.63. The van der Waals surface area contributed by atoms with Crippen molar-refractivity contribution in [1.29, 1.82) is 0 Å². The highest BCUT2D eigenvalue weighted by atomic mass is 35.5. The minimum atomic E-state index is -0.351. The van der Waals surface area contributed by atoms with Crippen molar-refractivity contribution < 1.29 is 8.78 Å². The van der Waals surface area contributed by atoms with E-state index in [2.05, 4.69) is 17.9 Å². The summed E-state index contributed by atoms with van der Waals surface area (Å²) in [5.74, 6) is 0.0172. The fourth-order valence-corrected chi connectivity index (χ4v) is 4.99. The van der Waals surface area contributed by atoms with Gasteiger partial charge in [0.1, 0.15) is 16.7 Å². The average molecular weight is 472 g/mol. The van der Waals surface area contributed by atoms with Crippen molar-refractivity contribution in [1.82, 2.24) is 14.3 Å². The Hall–Kier alpha value is -2.70. The Labute approximate surface area is 197 Å². The number of nitrogens with zero attached hydrogens (tertiary/aromatic N) is 3. The van der Waals surface area contributed by atoms with E-state index < -0.39 is 0 Å². The summed E-state index contributed by atoms with van der Waals surface area (Å²) in [5.41, 5.74) is 2.05. The zero-order valence-electron chi connectivity index (χ0n) is 18.8. The summed E-state index contributed by atoms with van der Waals surface area (Å²) in [5, 5.41) is 0.207. The maximum atomic E-state index is 13.3. The molecule has 1 saturated heterocycles. The number of allylic oxidation sites excluding steroid dienone is 1. The first-order valence-electron chi connectivity index (χ1n) is 11.2.